The summed E-state index contributed by atoms with van der Waals surface area (Å²) in [5, 5.41) is 2.50. The van der Waals surface area contributed by atoms with Gasteiger partial charge in [-0.1, -0.05) is 6.07 Å². The van der Waals surface area contributed by atoms with Gasteiger partial charge in [-0.05, 0) is 24.8 Å². The highest BCUT2D eigenvalue weighted by atomic mass is 32.2. The summed E-state index contributed by atoms with van der Waals surface area (Å²) in [4.78, 5) is 26.3. The van der Waals surface area contributed by atoms with Crippen LogP contribution >= 0.6 is 23.1 Å². The average Bonchev–Trinajstić information content (AvgIpc) is 2.83. The van der Waals surface area contributed by atoms with Gasteiger partial charge in [0.15, 0.2) is 0 Å². The molecule has 0 aromatic carbocycles. The molecule has 4 nitrogen and oxygen atoms in total. The molecule has 1 atom stereocenters. The Morgan fingerprint density at radius 1 is 1.47 bits per heavy atom. The van der Waals surface area contributed by atoms with Crippen LogP contribution in [0.2, 0.25) is 0 Å². The van der Waals surface area contributed by atoms with Crippen LogP contribution < -0.4 is 0 Å². The lowest BCUT2D eigenvalue weighted by Gasteiger charge is -2.18. The van der Waals surface area contributed by atoms with Gasteiger partial charge in [-0.2, -0.15) is 11.8 Å². The Labute approximate surface area is 121 Å². The van der Waals surface area contributed by atoms with Crippen LogP contribution in [0.1, 0.15) is 23.5 Å². The summed E-state index contributed by atoms with van der Waals surface area (Å²) >= 11 is 3.60. The maximum atomic E-state index is 11.9. The van der Waals surface area contributed by atoms with Gasteiger partial charge >= 0.3 is 11.9 Å². The summed E-state index contributed by atoms with van der Waals surface area (Å²) in [7, 11) is 0. The first kappa shape index (κ1) is 14.4. The fraction of sp³-hybridized carbons (Fsp3) is 0.538. The quantitative estimate of drug-likeness (QED) is 0.621. The SMILES string of the molecule is CCOC(=O)C(=O)N1CCSC(c2cccs2)CC1. The summed E-state index contributed by atoms with van der Waals surface area (Å²) in [5.41, 5.74) is 0. The second kappa shape index (κ2) is 6.96. The molecule has 0 spiro atoms. The summed E-state index contributed by atoms with van der Waals surface area (Å²) in [5.74, 6) is -0.385. The molecule has 2 rings (SSSR count). The van der Waals surface area contributed by atoms with Gasteiger partial charge < -0.3 is 9.64 Å². The van der Waals surface area contributed by atoms with Crippen molar-refractivity contribution in [3.63, 3.8) is 0 Å². The van der Waals surface area contributed by atoms with E-state index < -0.39 is 11.9 Å². The van der Waals surface area contributed by atoms with Crippen LogP contribution in [0.5, 0.6) is 0 Å². The Bertz CT molecular complexity index is 433. The number of thiophene rings is 1. The smallest absolute Gasteiger partial charge is 0.397 e. The number of ether oxygens (including phenoxy) is 1. The Kier molecular flexibility index (Phi) is 5.27. The minimum atomic E-state index is -0.734. The van der Waals surface area contributed by atoms with Gasteiger partial charge in [0.2, 0.25) is 0 Å². The molecule has 0 radical (unpaired) electrons. The third-order valence-electron chi connectivity index (χ3n) is 2.94. The van der Waals surface area contributed by atoms with Gasteiger partial charge in [0.25, 0.3) is 0 Å². The second-order valence-corrected chi connectivity index (χ2v) is 6.47. The zero-order valence-electron chi connectivity index (χ0n) is 10.8. The van der Waals surface area contributed by atoms with Gasteiger partial charge in [0, 0.05) is 29.0 Å². The molecule has 6 heteroatoms. The summed E-state index contributed by atoms with van der Waals surface area (Å²) < 4.78 is 4.76. The molecule has 0 saturated carbocycles. The Balaban J connectivity index is 1.93. The van der Waals surface area contributed by atoms with Crippen molar-refractivity contribution in [2.45, 2.75) is 18.6 Å². The molecule has 1 aromatic heterocycles. The summed E-state index contributed by atoms with van der Waals surface area (Å²) in [6.07, 6.45) is 0.885. The van der Waals surface area contributed by atoms with Crippen LogP contribution in [-0.2, 0) is 14.3 Å². The lowest BCUT2D eigenvalue weighted by molar-refractivity contribution is -0.159. The number of carbonyl (C=O) groups excluding carboxylic acids is 2. The molecular weight excluding hydrogens is 282 g/mol. The lowest BCUT2D eigenvalue weighted by Crippen LogP contribution is -2.39. The summed E-state index contributed by atoms with van der Waals surface area (Å²) in [6.45, 7) is 3.18. The highest BCUT2D eigenvalue weighted by Gasteiger charge is 2.27. The van der Waals surface area contributed by atoms with Crippen molar-refractivity contribution in [3.8, 4) is 0 Å². The minimum absolute atomic E-state index is 0.241. The molecule has 0 bridgehead atoms. The van der Waals surface area contributed by atoms with Gasteiger partial charge in [0.1, 0.15) is 0 Å². The molecule has 1 aliphatic rings. The molecule has 1 saturated heterocycles. The minimum Gasteiger partial charge on any atom is -0.459 e. The zero-order chi connectivity index (χ0) is 13.7. The van der Waals surface area contributed by atoms with E-state index in [1.807, 2.05) is 17.8 Å². The summed E-state index contributed by atoms with van der Waals surface area (Å²) in [6, 6.07) is 4.18. The molecule has 19 heavy (non-hydrogen) atoms. The Morgan fingerprint density at radius 3 is 3.00 bits per heavy atom. The van der Waals surface area contributed by atoms with Crippen LogP contribution in [0.25, 0.3) is 0 Å². The highest BCUT2D eigenvalue weighted by molar-refractivity contribution is 7.99. The first-order valence-electron chi connectivity index (χ1n) is 6.33. The molecule has 1 fully saturated rings. The number of rotatable bonds is 2. The van der Waals surface area contributed by atoms with E-state index in [2.05, 4.69) is 11.4 Å². The molecule has 1 aromatic rings. The van der Waals surface area contributed by atoms with E-state index >= 15 is 0 Å². The molecule has 1 unspecified atom stereocenters. The number of hydrogen-bond acceptors (Lipinski definition) is 5. The third kappa shape index (κ3) is 3.73. The number of esters is 1. The fourth-order valence-corrected chi connectivity index (χ4v) is 4.23. The number of thioether (sulfide) groups is 1. The van der Waals surface area contributed by atoms with E-state index in [1.165, 1.54) is 4.88 Å². The van der Waals surface area contributed by atoms with Crippen molar-refractivity contribution in [1.29, 1.82) is 0 Å². The standard InChI is InChI=1S/C13H17NO3S2/c1-2-17-13(16)12(15)14-6-5-11(19-9-7-14)10-4-3-8-18-10/h3-4,8,11H,2,5-7,9H2,1H3. The van der Waals surface area contributed by atoms with Crippen molar-refractivity contribution in [2.75, 3.05) is 25.4 Å². The van der Waals surface area contributed by atoms with Crippen LogP contribution in [0, 0.1) is 0 Å². The highest BCUT2D eigenvalue weighted by Crippen LogP contribution is 2.36. The van der Waals surface area contributed by atoms with Crippen molar-refractivity contribution in [3.05, 3.63) is 22.4 Å². The molecule has 0 aliphatic carbocycles. The first-order chi connectivity index (χ1) is 9.22. The largest absolute Gasteiger partial charge is 0.459 e. The predicted molar refractivity (Wildman–Crippen MR) is 77.3 cm³/mol. The Morgan fingerprint density at radius 2 is 2.32 bits per heavy atom. The molecule has 1 aliphatic heterocycles. The van der Waals surface area contributed by atoms with Crippen molar-refractivity contribution in [2.24, 2.45) is 0 Å². The number of amides is 1. The maximum absolute atomic E-state index is 11.9. The van der Waals surface area contributed by atoms with Gasteiger partial charge in [-0.15, -0.1) is 11.3 Å². The van der Waals surface area contributed by atoms with Crippen LogP contribution in [-0.4, -0.2) is 42.2 Å². The third-order valence-corrected chi connectivity index (χ3v) is 5.38. The van der Waals surface area contributed by atoms with E-state index in [0.717, 1.165) is 12.2 Å². The fourth-order valence-electron chi connectivity index (χ4n) is 2.00. The van der Waals surface area contributed by atoms with E-state index in [4.69, 9.17) is 4.74 Å². The number of carbonyl (C=O) groups is 2. The van der Waals surface area contributed by atoms with Crippen molar-refractivity contribution >= 4 is 35.0 Å². The topological polar surface area (TPSA) is 46.6 Å². The molecule has 104 valence electrons. The first-order valence-corrected chi connectivity index (χ1v) is 8.26. The predicted octanol–water partition coefficient (Wildman–Crippen LogP) is 2.32. The van der Waals surface area contributed by atoms with Gasteiger partial charge in [-0.3, -0.25) is 4.79 Å². The molecular formula is C13H17NO3S2. The monoisotopic (exact) mass is 299 g/mol. The van der Waals surface area contributed by atoms with Gasteiger partial charge in [0.05, 0.1) is 6.61 Å². The van der Waals surface area contributed by atoms with Crippen molar-refractivity contribution < 1.29 is 14.3 Å². The maximum Gasteiger partial charge on any atom is 0.397 e. The van der Waals surface area contributed by atoms with Gasteiger partial charge in [-0.25, -0.2) is 4.79 Å². The van der Waals surface area contributed by atoms with E-state index in [0.29, 0.717) is 18.3 Å². The average molecular weight is 299 g/mol. The molecule has 2 heterocycles. The normalized spacial score (nSPS) is 19.8. The lowest BCUT2D eigenvalue weighted by atomic mass is 10.2. The van der Waals surface area contributed by atoms with E-state index in [-0.39, 0.29) is 6.61 Å². The van der Waals surface area contributed by atoms with Crippen LogP contribution in [0.4, 0.5) is 0 Å². The second-order valence-electron chi connectivity index (χ2n) is 4.18. The Hall–Kier alpha value is -1.01. The van der Waals surface area contributed by atoms with Crippen LogP contribution in [0.3, 0.4) is 0 Å². The number of hydrogen-bond donors (Lipinski definition) is 0. The van der Waals surface area contributed by atoms with E-state index in [9.17, 15) is 9.59 Å². The number of nitrogens with zero attached hydrogens (tertiary/aromatic N) is 1. The van der Waals surface area contributed by atoms with Crippen molar-refractivity contribution in [1.82, 2.24) is 4.90 Å². The van der Waals surface area contributed by atoms with E-state index in [1.54, 1.807) is 23.2 Å². The molecule has 0 N–H and O–H groups in total. The molecule has 1 amide bonds. The zero-order valence-corrected chi connectivity index (χ0v) is 12.5. The van der Waals surface area contributed by atoms with Crippen LogP contribution in [0.15, 0.2) is 17.5 Å².